The van der Waals surface area contributed by atoms with E-state index in [0.29, 0.717) is 5.56 Å². The van der Waals surface area contributed by atoms with Crippen molar-refractivity contribution in [3.05, 3.63) is 39.9 Å². The molecule has 0 spiro atoms. The number of nitrogens with two attached hydrogens (primary N) is 1. The molecular formula is C10H12N2O4. The lowest BCUT2D eigenvalue weighted by Crippen LogP contribution is -2.44. The molecular weight excluding hydrogens is 212 g/mol. The standard InChI is InChI=1S/C10H12N2O4/c1-2-10(11,9(13)14)7-3-5-8(6-4-7)12(15)16/h3-6H,2,11H2,1H3,(H,13,14). The van der Waals surface area contributed by atoms with E-state index in [1.807, 2.05) is 0 Å². The van der Waals surface area contributed by atoms with E-state index in [1.165, 1.54) is 24.3 Å². The second kappa shape index (κ2) is 4.28. The Labute approximate surface area is 91.8 Å². The van der Waals surface area contributed by atoms with Crippen LogP contribution in [0.15, 0.2) is 24.3 Å². The van der Waals surface area contributed by atoms with Gasteiger partial charge < -0.3 is 10.8 Å². The van der Waals surface area contributed by atoms with E-state index < -0.39 is 16.4 Å². The summed E-state index contributed by atoms with van der Waals surface area (Å²) in [6, 6.07) is 5.23. The first kappa shape index (κ1) is 12.1. The molecule has 0 heterocycles. The fourth-order valence-corrected chi connectivity index (χ4v) is 1.36. The predicted molar refractivity (Wildman–Crippen MR) is 56.9 cm³/mol. The van der Waals surface area contributed by atoms with Crippen LogP contribution in [0.1, 0.15) is 18.9 Å². The fraction of sp³-hybridized carbons (Fsp3) is 0.300. The molecule has 16 heavy (non-hydrogen) atoms. The third-order valence-electron chi connectivity index (χ3n) is 2.53. The summed E-state index contributed by atoms with van der Waals surface area (Å²) in [6.07, 6.45) is 0.208. The molecule has 0 aliphatic rings. The zero-order valence-electron chi connectivity index (χ0n) is 8.71. The number of carbonyl (C=O) groups is 1. The van der Waals surface area contributed by atoms with Gasteiger partial charge in [0, 0.05) is 12.1 Å². The number of benzene rings is 1. The number of rotatable bonds is 4. The minimum Gasteiger partial charge on any atom is -0.480 e. The molecule has 0 fully saturated rings. The van der Waals surface area contributed by atoms with Gasteiger partial charge in [-0.15, -0.1) is 0 Å². The normalized spacial score (nSPS) is 14.1. The molecule has 0 saturated heterocycles. The Kier molecular flexibility index (Phi) is 3.24. The van der Waals surface area contributed by atoms with Crippen molar-refractivity contribution < 1.29 is 14.8 Å². The second-order valence-electron chi connectivity index (χ2n) is 3.43. The first-order chi connectivity index (χ1) is 7.41. The third-order valence-corrected chi connectivity index (χ3v) is 2.53. The number of nitro groups is 1. The molecule has 6 heteroatoms. The van der Waals surface area contributed by atoms with E-state index in [-0.39, 0.29) is 12.1 Å². The van der Waals surface area contributed by atoms with Gasteiger partial charge in [0.15, 0.2) is 0 Å². The molecule has 1 aromatic rings. The van der Waals surface area contributed by atoms with E-state index in [0.717, 1.165) is 0 Å². The van der Waals surface area contributed by atoms with Crippen molar-refractivity contribution in [2.45, 2.75) is 18.9 Å². The molecule has 1 unspecified atom stereocenters. The van der Waals surface area contributed by atoms with E-state index >= 15 is 0 Å². The summed E-state index contributed by atoms with van der Waals surface area (Å²) in [7, 11) is 0. The van der Waals surface area contributed by atoms with Crippen LogP contribution in [0.3, 0.4) is 0 Å². The maximum atomic E-state index is 11.0. The minimum atomic E-state index is -1.49. The van der Waals surface area contributed by atoms with Crippen molar-refractivity contribution in [1.82, 2.24) is 0 Å². The van der Waals surface area contributed by atoms with Gasteiger partial charge in [0.1, 0.15) is 5.54 Å². The van der Waals surface area contributed by atoms with Gasteiger partial charge in [-0.25, -0.2) is 4.79 Å². The van der Waals surface area contributed by atoms with Crippen molar-refractivity contribution in [2.24, 2.45) is 5.73 Å². The van der Waals surface area contributed by atoms with Crippen LogP contribution in [-0.4, -0.2) is 16.0 Å². The lowest BCUT2D eigenvalue weighted by atomic mass is 9.88. The average molecular weight is 224 g/mol. The molecule has 86 valence electrons. The van der Waals surface area contributed by atoms with Gasteiger partial charge in [0.2, 0.25) is 0 Å². The van der Waals surface area contributed by atoms with Gasteiger partial charge in [-0.05, 0) is 24.1 Å². The van der Waals surface area contributed by atoms with Gasteiger partial charge in [-0.3, -0.25) is 10.1 Å². The van der Waals surface area contributed by atoms with E-state index in [9.17, 15) is 14.9 Å². The molecule has 0 aromatic heterocycles. The summed E-state index contributed by atoms with van der Waals surface area (Å²) in [5, 5.41) is 19.4. The summed E-state index contributed by atoms with van der Waals surface area (Å²) >= 11 is 0. The van der Waals surface area contributed by atoms with Crippen molar-refractivity contribution in [3.63, 3.8) is 0 Å². The molecule has 1 aromatic carbocycles. The van der Waals surface area contributed by atoms with Gasteiger partial charge in [0.05, 0.1) is 4.92 Å². The minimum absolute atomic E-state index is 0.0902. The van der Waals surface area contributed by atoms with E-state index in [1.54, 1.807) is 6.92 Å². The van der Waals surface area contributed by atoms with Crippen molar-refractivity contribution in [1.29, 1.82) is 0 Å². The smallest absolute Gasteiger partial charge is 0.328 e. The Morgan fingerprint density at radius 2 is 2.00 bits per heavy atom. The highest BCUT2D eigenvalue weighted by Gasteiger charge is 2.34. The Hall–Kier alpha value is -1.95. The van der Waals surface area contributed by atoms with Gasteiger partial charge in [-0.2, -0.15) is 0 Å². The van der Waals surface area contributed by atoms with Crippen LogP contribution >= 0.6 is 0 Å². The van der Waals surface area contributed by atoms with Crippen LogP contribution in [0.2, 0.25) is 0 Å². The number of aliphatic carboxylic acids is 1. The molecule has 0 saturated carbocycles. The lowest BCUT2D eigenvalue weighted by molar-refractivity contribution is -0.384. The van der Waals surface area contributed by atoms with Gasteiger partial charge in [-0.1, -0.05) is 6.92 Å². The highest BCUT2D eigenvalue weighted by atomic mass is 16.6. The highest BCUT2D eigenvalue weighted by molar-refractivity contribution is 5.80. The van der Waals surface area contributed by atoms with Crippen LogP contribution < -0.4 is 5.73 Å². The monoisotopic (exact) mass is 224 g/mol. The van der Waals surface area contributed by atoms with Gasteiger partial charge >= 0.3 is 5.97 Å². The second-order valence-corrected chi connectivity index (χ2v) is 3.43. The Morgan fingerprint density at radius 3 is 2.31 bits per heavy atom. The maximum Gasteiger partial charge on any atom is 0.328 e. The molecule has 0 aliphatic heterocycles. The van der Waals surface area contributed by atoms with Crippen LogP contribution in [0.5, 0.6) is 0 Å². The number of nitro benzene ring substituents is 1. The molecule has 0 bridgehead atoms. The molecule has 0 aliphatic carbocycles. The summed E-state index contributed by atoms with van der Waals surface area (Å²) in [6.45, 7) is 1.65. The fourth-order valence-electron chi connectivity index (χ4n) is 1.36. The molecule has 6 nitrogen and oxygen atoms in total. The number of carboxylic acids is 1. The Bertz CT molecular complexity index is 415. The first-order valence-electron chi connectivity index (χ1n) is 4.69. The number of carboxylic acid groups (broad SMARTS) is 1. The number of nitrogens with zero attached hydrogens (tertiary/aromatic N) is 1. The first-order valence-corrected chi connectivity index (χ1v) is 4.69. The molecule has 0 amide bonds. The van der Waals surface area contributed by atoms with Crippen molar-refractivity contribution in [3.8, 4) is 0 Å². The SMILES string of the molecule is CCC(N)(C(=O)O)c1ccc([N+](=O)[O-])cc1. The van der Waals surface area contributed by atoms with Crippen LogP contribution in [-0.2, 0) is 10.3 Å². The largest absolute Gasteiger partial charge is 0.480 e. The molecule has 0 radical (unpaired) electrons. The topological polar surface area (TPSA) is 106 Å². The number of hydrogen-bond acceptors (Lipinski definition) is 4. The summed E-state index contributed by atoms with van der Waals surface area (Å²) < 4.78 is 0. The lowest BCUT2D eigenvalue weighted by Gasteiger charge is -2.23. The van der Waals surface area contributed by atoms with Crippen LogP contribution in [0.4, 0.5) is 5.69 Å². The zero-order valence-corrected chi connectivity index (χ0v) is 8.71. The number of non-ortho nitro benzene ring substituents is 1. The summed E-state index contributed by atoms with van der Waals surface area (Å²) in [5.74, 6) is -1.15. The maximum absolute atomic E-state index is 11.0. The van der Waals surface area contributed by atoms with Gasteiger partial charge in [0.25, 0.3) is 5.69 Å². The third kappa shape index (κ3) is 2.01. The average Bonchev–Trinajstić information content (AvgIpc) is 2.27. The number of hydrogen-bond donors (Lipinski definition) is 2. The van der Waals surface area contributed by atoms with Crippen molar-refractivity contribution in [2.75, 3.05) is 0 Å². The predicted octanol–water partition coefficient (Wildman–Crippen LogP) is 1.24. The quantitative estimate of drug-likeness (QED) is 0.591. The summed E-state index contributed by atoms with van der Waals surface area (Å²) in [4.78, 5) is 20.9. The van der Waals surface area contributed by atoms with Crippen molar-refractivity contribution >= 4 is 11.7 Å². The van der Waals surface area contributed by atoms with E-state index in [4.69, 9.17) is 10.8 Å². The Balaban J connectivity index is 3.14. The molecule has 1 atom stereocenters. The van der Waals surface area contributed by atoms with Crippen LogP contribution in [0.25, 0.3) is 0 Å². The van der Waals surface area contributed by atoms with E-state index in [2.05, 4.69) is 0 Å². The molecule has 3 N–H and O–H groups in total. The highest BCUT2D eigenvalue weighted by Crippen LogP contribution is 2.24. The Morgan fingerprint density at radius 1 is 1.50 bits per heavy atom. The molecule has 1 rings (SSSR count). The summed E-state index contributed by atoms with van der Waals surface area (Å²) in [5.41, 5.74) is 4.49. The zero-order chi connectivity index (χ0) is 12.3. The van der Waals surface area contributed by atoms with Crippen LogP contribution in [0, 0.1) is 10.1 Å².